The molecule has 104 valence electrons. The Kier molecular flexibility index (Phi) is 4.55. The molecule has 1 N–H and O–H groups in total. The van der Waals surface area contributed by atoms with E-state index >= 15 is 0 Å². The van der Waals surface area contributed by atoms with Crippen molar-refractivity contribution in [3.63, 3.8) is 0 Å². The Balaban J connectivity index is 1.86. The Hall–Kier alpha value is -1.40. The Morgan fingerprint density at radius 2 is 1.95 bits per heavy atom. The van der Waals surface area contributed by atoms with Crippen molar-refractivity contribution in [2.24, 2.45) is 0 Å². The quantitative estimate of drug-likeness (QED) is 0.881. The Morgan fingerprint density at radius 3 is 2.47 bits per heavy atom. The van der Waals surface area contributed by atoms with E-state index in [9.17, 15) is 9.59 Å². The molecule has 1 aliphatic heterocycles. The standard InChI is InChI=1S/C13H19N3O2S/c1-10-3-4-11(19-10)13(18)16-7-5-15(6-8-16)9-12(17)14-2/h3-4H,5-9H2,1-2H3,(H,14,17). The van der Waals surface area contributed by atoms with E-state index in [-0.39, 0.29) is 11.8 Å². The normalized spacial score (nSPS) is 16.4. The third-order valence-electron chi connectivity index (χ3n) is 3.26. The summed E-state index contributed by atoms with van der Waals surface area (Å²) in [6.07, 6.45) is 0. The number of carbonyl (C=O) groups is 2. The number of aryl methyl sites for hydroxylation is 1. The molecule has 2 rings (SSSR count). The number of likely N-dealkylation sites (N-methyl/N-ethyl adjacent to an activating group) is 1. The van der Waals surface area contributed by atoms with Gasteiger partial charge in [0.05, 0.1) is 11.4 Å². The molecular weight excluding hydrogens is 262 g/mol. The summed E-state index contributed by atoms with van der Waals surface area (Å²) in [5, 5.41) is 2.62. The molecule has 0 bridgehead atoms. The SMILES string of the molecule is CNC(=O)CN1CCN(C(=O)c2ccc(C)s2)CC1. The third-order valence-corrected chi connectivity index (χ3v) is 4.25. The van der Waals surface area contributed by atoms with Crippen molar-refractivity contribution in [3.05, 3.63) is 21.9 Å². The molecule has 1 saturated heterocycles. The van der Waals surface area contributed by atoms with Crippen LogP contribution in [0.15, 0.2) is 12.1 Å². The number of amides is 2. The molecule has 1 fully saturated rings. The summed E-state index contributed by atoms with van der Waals surface area (Å²) in [6, 6.07) is 3.86. The lowest BCUT2D eigenvalue weighted by Crippen LogP contribution is -2.50. The van der Waals surface area contributed by atoms with Gasteiger partial charge in [-0.15, -0.1) is 11.3 Å². The molecule has 19 heavy (non-hydrogen) atoms. The van der Waals surface area contributed by atoms with Crippen LogP contribution in [0.4, 0.5) is 0 Å². The lowest BCUT2D eigenvalue weighted by Gasteiger charge is -2.34. The first-order chi connectivity index (χ1) is 9.10. The van der Waals surface area contributed by atoms with Crippen molar-refractivity contribution in [2.75, 3.05) is 39.8 Å². The van der Waals surface area contributed by atoms with Crippen LogP contribution in [0.5, 0.6) is 0 Å². The summed E-state index contributed by atoms with van der Waals surface area (Å²) in [6.45, 7) is 5.30. The van der Waals surface area contributed by atoms with Gasteiger partial charge in [-0.05, 0) is 19.1 Å². The second kappa shape index (κ2) is 6.16. The van der Waals surface area contributed by atoms with Crippen LogP contribution in [0.2, 0.25) is 0 Å². The molecule has 5 nitrogen and oxygen atoms in total. The zero-order chi connectivity index (χ0) is 13.8. The maximum Gasteiger partial charge on any atom is 0.264 e. The molecule has 1 aromatic rings. The number of hydrogen-bond acceptors (Lipinski definition) is 4. The van der Waals surface area contributed by atoms with Crippen LogP contribution in [0, 0.1) is 6.92 Å². The molecule has 6 heteroatoms. The van der Waals surface area contributed by atoms with E-state index in [0.717, 1.165) is 22.8 Å². The van der Waals surface area contributed by atoms with Gasteiger partial charge < -0.3 is 10.2 Å². The number of piperazine rings is 1. The number of hydrogen-bond donors (Lipinski definition) is 1. The maximum atomic E-state index is 12.2. The van der Waals surface area contributed by atoms with E-state index < -0.39 is 0 Å². The molecule has 0 saturated carbocycles. The second-order valence-electron chi connectivity index (χ2n) is 4.65. The Morgan fingerprint density at radius 1 is 1.26 bits per heavy atom. The summed E-state index contributed by atoms with van der Waals surface area (Å²) < 4.78 is 0. The summed E-state index contributed by atoms with van der Waals surface area (Å²) in [4.78, 5) is 29.4. The minimum atomic E-state index is 0.0219. The van der Waals surface area contributed by atoms with Crippen LogP contribution in [0.25, 0.3) is 0 Å². The van der Waals surface area contributed by atoms with E-state index in [1.165, 1.54) is 11.3 Å². The fourth-order valence-electron chi connectivity index (χ4n) is 2.10. The topological polar surface area (TPSA) is 52.7 Å². The first-order valence-electron chi connectivity index (χ1n) is 6.39. The van der Waals surface area contributed by atoms with Crippen molar-refractivity contribution in [1.82, 2.24) is 15.1 Å². The molecule has 2 heterocycles. The second-order valence-corrected chi connectivity index (χ2v) is 5.94. The highest BCUT2D eigenvalue weighted by atomic mass is 32.1. The van der Waals surface area contributed by atoms with Crippen molar-refractivity contribution in [3.8, 4) is 0 Å². The number of rotatable bonds is 3. The highest BCUT2D eigenvalue weighted by Gasteiger charge is 2.23. The first kappa shape index (κ1) is 14.0. The van der Waals surface area contributed by atoms with Gasteiger partial charge in [-0.25, -0.2) is 0 Å². The van der Waals surface area contributed by atoms with Crippen molar-refractivity contribution >= 4 is 23.2 Å². The van der Waals surface area contributed by atoms with Crippen LogP contribution < -0.4 is 5.32 Å². The number of carbonyl (C=O) groups excluding carboxylic acids is 2. The average molecular weight is 281 g/mol. The smallest absolute Gasteiger partial charge is 0.264 e. The zero-order valence-corrected chi connectivity index (χ0v) is 12.1. The lowest BCUT2D eigenvalue weighted by molar-refractivity contribution is -0.122. The van der Waals surface area contributed by atoms with Crippen molar-refractivity contribution in [2.45, 2.75) is 6.92 Å². The minimum Gasteiger partial charge on any atom is -0.358 e. The van der Waals surface area contributed by atoms with Crippen LogP contribution in [0.1, 0.15) is 14.5 Å². The fourth-order valence-corrected chi connectivity index (χ4v) is 2.93. The lowest BCUT2D eigenvalue weighted by atomic mass is 10.3. The average Bonchev–Trinajstić information content (AvgIpc) is 2.85. The molecule has 2 amide bonds. The summed E-state index contributed by atoms with van der Waals surface area (Å²) in [5.41, 5.74) is 0. The van der Waals surface area contributed by atoms with Gasteiger partial charge in [0.15, 0.2) is 0 Å². The highest BCUT2D eigenvalue weighted by molar-refractivity contribution is 7.13. The van der Waals surface area contributed by atoms with Gasteiger partial charge in [0.1, 0.15) is 0 Å². The van der Waals surface area contributed by atoms with E-state index in [0.29, 0.717) is 19.6 Å². The predicted octanol–water partition coefficient (Wildman–Crippen LogP) is 0.560. The predicted molar refractivity (Wildman–Crippen MR) is 75.5 cm³/mol. The van der Waals surface area contributed by atoms with Gasteiger partial charge in [-0.2, -0.15) is 0 Å². The van der Waals surface area contributed by atoms with Gasteiger partial charge in [0.25, 0.3) is 5.91 Å². The minimum absolute atomic E-state index is 0.0219. The van der Waals surface area contributed by atoms with Gasteiger partial charge in [-0.3, -0.25) is 14.5 Å². The molecule has 1 aliphatic rings. The fraction of sp³-hybridized carbons (Fsp3) is 0.538. The molecule has 0 spiro atoms. The number of thiophene rings is 1. The largest absolute Gasteiger partial charge is 0.358 e. The first-order valence-corrected chi connectivity index (χ1v) is 7.20. The Bertz CT molecular complexity index is 464. The maximum absolute atomic E-state index is 12.2. The summed E-state index contributed by atoms with van der Waals surface area (Å²) in [7, 11) is 1.64. The molecule has 0 atom stereocenters. The molecule has 0 aliphatic carbocycles. The van der Waals surface area contributed by atoms with Gasteiger partial charge >= 0.3 is 0 Å². The molecular formula is C13H19N3O2S. The molecule has 0 unspecified atom stereocenters. The van der Waals surface area contributed by atoms with Crippen molar-refractivity contribution < 1.29 is 9.59 Å². The third kappa shape index (κ3) is 3.54. The van der Waals surface area contributed by atoms with Crippen molar-refractivity contribution in [1.29, 1.82) is 0 Å². The number of nitrogens with one attached hydrogen (secondary N) is 1. The van der Waals surface area contributed by atoms with Gasteiger partial charge in [0, 0.05) is 38.1 Å². The van der Waals surface area contributed by atoms with E-state index in [2.05, 4.69) is 10.2 Å². The van der Waals surface area contributed by atoms with Crippen LogP contribution in [-0.4, -0.2) is 61.4 Å². The highest BCUT2D eigenvalue weighted by Crippen LogP contribution is 2.18. The van der Waals surface area contributed by atoms with E-state index in [4.69, 9.17) is 0 Å². The van der Waals surface area contributed by atoms with Crippen LogP contribution in [0.3, 0.4) is 0 Å². The number of nitrogens with zero attached hydrogens (tertiary/aromatic N) is 2. The van der Waals surface area contributed by atoms with Crippen LogP contribution >= 0.6 is 11.3 Å². The molecule has 0 radical (unpaired) electrons. The van der Waals surface area contributed by atoms with E-state index in [1.807, 2.05) is 24.0 Å². The van der Waals surface area contributed by atoms with Gasteiger partial charge in [-0.1, -0.05) is 0 Å². The van der Waals surface area contributed by atoms with Gasteiger partial charge in [0.2, 0.25) is 5.91 Å². The Labute approximate surface area is 117 Å². The summed E-state index contributed by atoms with van der Waals surface area (Å²) in [5.74, 6) is 0.131. The summed E-state index contributed by atoms with van der Waals surface area (Å²) >= 11 is 1.54. The molecule has 0 aromatic carbocycles. The zero-order valence-electron chi connectivity index (χ0n) is 11.3. The van der Waals surface area contributed by atoms with Crippen LogP contribution in [-0.2, 0) is 4.79 Å². The van der Waals surface area contributed by atoms with E-state index in [1.54, 1.807) is 7.05 Å². The molecule has 1 aromatic heterocycles. The monoisotopic (exact) mass is 281 g/mol.